The third kappa shape index (κ3) is 6.10. The van der Waals surface area contributed by atoms with E-state index < -0.39 is 0 Å². The molecule has 0 aliphatic carbocycles. The fourth-order valence-electron chi connectivity index (χ4n) is 1.51. The molecule has 19 heavy (non-hydrogen) atoms. The Morgan fingerprint density at radius 3 is 2.42 bits per heavy atom. The van der Waals surface area contributed by atoms with Crippen molar-refractivity contribution in [2.75, 3.05) is 6.61 Å². The average molecular weight is 258 g/mol. The van der Waals surface area contributed by atoms with Crippen LogP contribution in [0.2, 0.25) is 0 Å². The summed E-state index contributed by atoms with van der Waals surface area (Å²) in [5.74, 6) is 5.97. The second-order valence-electron chi connectivity index (χ2n) is 4.47. The smallest absolute Gasteiger partial charge is 0.338 e. The SMILES string of the molecule is CCCCC#Cc1ccc(C(=O)OCCCC)cc1. The van der Waals surface area contributed by atoms with E-state index in [4.69, 9.17) is 4.74 Å². The van der Waals surface area contributed by atoms with Gasteiger partial charge in [0.1, 0.15) is 0 Å². The first-order valence-corrected chi connectivity index (χ1v) is 7.04. The average Bonchev–Trinajstić information content (AvgIpc) is 2.44. The van der Waals surface area contributed by atoms with E-state index in [1.807, 2.05) is 12.1 Å². The van der Waals surface area contributed by atoms with Gasteiger partial charge in [-0.25, -0.2) is 4.79 Å². The molecule has 1 aromatic carbocycles. The summed E-state index contributed by atoms with van der Waals surface area (Å²) >= 11 is 0. The van der Waals surface area contributed by atoms with Gasteiger partial charge in [-0.1, -0.05) is 38.5 Å². The Hall–Kier alpha value is -1.75. The Balaban J connectivity index is 2.50. The molecule has 1 rings (SSSR count). The highest BCUT2D eigenvalue weighted by atomic mass is 16.5. The Morgan fingerprint density at radius 2 is 1.79 bits per heavy atom. The minimum absolute atomic E-state index is 0.251. The summed E-state index contributed by atoms with van der Waals surface area (Å²) in [4.78, 5) is 11.7. The minimum atomic E-state index is -0.251. The lowest BCUT2D eigenvalue weighted by Crippen LogP contribution is -2.06. The van der Waals surface area contributed by atoms with Crippen molar-refractivity contribution in [1.82, 2.24) is 0 Å². The number of hydrogen-bond donors (Lipinski definition) is 0. The van der Waals surface area contributed by atoms with Gasteiger partial charge in [-0.15, -0.1) is 0 Å². The van der Waals surface area contributed by atoms with E-state index in [1.165, 1.54) is 0 Å². The first kappa shape index (κ1) is 15.3. The number of ether oxygens (including phenoxy) is 1. The van der Waals surface area contributed by atoms with Crippen molar-refractivity contribution in [1.29, 1.82) is 0 Å². The van der Waals surface area contributed by atoms with Crippen molar-refractivity contribution < 1.29 is 9.53 Å². The number of unbranched alkanes of at least 4 members (excludes halogenated alkanes) is 3. The van der Waals surface area contributed by atoms with Crippen LogP contribution in [0, 0.1) is 11.8 Å². The van der Waals surface area contributed by atoms with Crippen LogP contribution in [-0.2, 0) is 4.74 Å². The summed E-state index contributed by atoms with van der Waals surface area (Å²) < 4.78 is 5.15. The number of carbonyl (C=O) groups excluding carboxylic acids is 1. The molecule has 102 valence electrons. The lowest BCUT2D eigenvalue weighted by Gasteiger charge is -2.03. The van der Waals surface area contributed by atoms with Crippen LogP contribution in [-0.4, -0.2) is 12.6 Å². The lowest BCUT2D eigenvalue weighted by atomic mass is 10.1. The lowest BCUT2D eigenvalue weighted by molar-refractivity contribution is 0.0500. The van der Waals surface area contributed by atoms with Crippen molar-refractivity contribution >= 4 is 5.97 Å². The van der Waals surface area contributed by atoms with Crippen LogP contribution in [0.4, 0.5) is 0 Å². The topological polar surface area (TPSA) is 26.3 Å². The van der Waals surface area contributed by atoms with E-state index in [-0.39, 0.29) is 5.97 Å². The predicted octanol–water partition coefficient (Wildman–Crippen LogP) is 4.19. The number of hydrogen-bond acceptors (Lipinski definition) is 2. The Bertz CT molecular complexity index is 435. The van der Waals surface area contributed by atoms with Crippen molar-refractivity contribution in [2.45, 2.75) is 46.0 Å². The highest BCUT2D eigenvalue weighted by Gasteiger charge is 2.05. The molecule has 0 aliphatic heterocycles. The maximum absolute atomic E-state index is 11.7. The third-order valence-corrected chi connectivity index (χ3v) is 2.74. The van der Waals surface area contributed by atoms with Crippen LogP contribution in [0.25, 0.3) is 0 Å². The largest absolute Gasteiger partial charge is 0.462 e. The van der Waals surface area contributed by atoms with Crippen molar-refractivity contribution in [2.24, 2.45) is 0 Å². The molecule has 0 spiro atoms. The monoisotopic (exact) mass is 258 g/mol. The van der Waals surface area contributed by atoms with Gasteiger partial charge in [-0.3, -0.25) is 0 Å². The molecule has 0 amide bonds. The van der Waals surface area contributed by atoms with Gasteiger partial charge in [0.2, 0.25) is 0 Å². The van der Waals surface area contributed by atoms with E-state index in [0.29, 0.717) is 12.2 Å². The van der Waals surface area contributed by atoms with Gasteiger partial charge < -0.3 is 4.74 Å². The molecule has 2 heteroatoms. The molecule has 0 bridgehead atoms. The molecule has 0 aromatic heterocycles. The van der Waals surface area contributed by atoms with Crippen LogP contribution in [0.3, 0.4) is 0 Å². The molecule has 1 aromatic rings. The van der Waals surface area contributed by atoms with Gasteiger partial charge in [0.25, 0.3) is 0 Å². The second-order valence-corrected chi connectivity index (χ2v) is 4.47. The van der Waals surface area contributed by atoms with Crippen LogP contribution in [0.5, 0.6) is 0 Å². The van der Waals surface area contributed by atoms with Crippen LogP contribution in [0.15, 0.2) is 24.3 Å². The van der Waals surface area contributed by atoms with Gasteiger partial charge in [0.05, 0.1) is 12.2 Å². The van der Waals surface area contributed by atoms with Gasteiger partial charge in [-0.2, -0.15) is 0 Å². The summed E-state index contributed by atoms with van der Waals surface area (Å²) in [7, 11) is 0. The number of esters is 1. The molecule has 0 atom stereocenters. The summed E-state index contributed by atoms with van der Waals surface area (Å²) in [5, 5.41) is 0. The van der Waals surface area contributed by atoms with Crippen LogP contribution >= 0.6 is 0 Å². The molecule has 0 fully saturated rings. The number of benzene rings is 1. The fraction of sp³-hybridized carbons (Fsp3) is 0.471. The third-order valence-electron chi connectivity index (χ3n) is 2.74. The molecule has 0 aliphatic rings. The highest BCUT2D eigenvalue weighted by molar-refractivity contribution is 5.89. The minimum Gasteiger partial charge on any atom is -0.462 e. The number of rotatable bonds is 6. The molecular formula is C17H22O2. The van der Waals surface area contributed by atoms with Gasteiger partial charge >= 0.3 is 5.97 Å². The van der Waals surface area contributed by atoms with Crippen molar-refractivity contribution in [3.8, 4) is 11.8 Å². The van der Waals surface area contributed by atoms with E-state index in [9.17, 15) is 4.79 Å². The zero-order valence-electron chi connectivity index (χ0n) is 11.9. The zero-order valence-corrected chi connectivity index (χ0v) is 11.9. The van der Waals surface area contributed by atoms with Crippen molar-refractivity contribution in [3.63, 3.8) is 0 Å². The predicted molar refractivity (Wildman–Crippen MR) is 78.0 cm³/mol. The fourth-order valence-corrected chi connectivity index (χ4v) is 1.51. The summed E-state index contributed by atoms with van der Waals surface area (Å²) in [6.07, 6.45) is 5.16. The molecule has 0 heterocycles. The zero-order chi connectivity index (χ0) is 13.9. The molecule has 2 nitrogen and oxygen atoms in total. The van der Waals surface area contributed by atoms with Crippen LogP contribution < -0.4 is 0 Å². The molecule has 0 radical (unpaired) electrons. The summed E-state index contributed by atoms with van der Waals surface area (Å²) in [6.45, 7) is 4.72. The maximum Gasteiger partial charge on any atom is 0.338 e. The standard InChI is InChI=1S/C17H22O2/c1-3-5-7-8-9-15-10-12-16(13-11-15)17(18)19-14-6-4-2/h10-13H,3-7,14H2,1-2H3. The van der Waals surface area contributed by atoms with E-state index >= 15 is 0 Å². The van der Waals surface area contributed by atoms with Gasteiger partial charge in [-0.05, 0) is 37.1 Å². The van der Waals surface area contributed by atoms with E-state index in [1.54, 1.807) is 12.1 Å². The Kier molecular flexibility index (Phi) is 7.43. The number of carbonyl (C=O) groups is 1. The van der Waals surface area contributed by atoms with Gasteiger partial charge in [0, 0.05) is 12.0 Å². The van der Waals surface area contributed by atoms with E-state index in [2.05, 4.69) is 25.7 Å². The molecular weight excluding hydrogens is 236 g/mol. The molecule has 0 N–H and O–H groups in total. The Labute approximate surface area is 116 Å². The second kappa shape index (κ2) is 9.22. The molecule has 0 saturated heterocycles. The maximum atomic E-state index is 11.7. The molecule has 0 saturated carbocycles. The first-order chi connectivity index (χ1) is 9.27. The molecule has 0 unspecified atom stereocenters. The van der Waals surface area contributed by atoms with Crippen LogP contribution in [0.1, 0.15) is 61.9 Å². The quantitative estimate of drug-likeness (QED) is 0.434. The Morgan fingerprint density at radius 1 is 1.11 bits per heavy atom. The van der Waals surface area contributed by atoms with E-state index in [0.717, 1.165) is 37.7 Å². The normalized spacial score (nSPS) is 9.58. The van der Waals surface area contributed by atoms with Gasteiger partial charge in [0.15, 0.2) is 0 Å². The summed E-state index contributed by atoms with van der Waals surface area (Å²) in [6, 6.07) is 7.29. The summed E-state index contributed by atoms with van der Waals surface area (Å²) in [5.41, 5.74) is 1.54. The first-order valence-electron chi connectivity index (χ1n) is 7.04. The highest BCUT2D eigenvalue weighted by Crippen LogP contribution is 2.06. The van der Waals surface area contributed by atoms with Crippen molar-refractivity contribution in [3.05, 3.63) is 35.4 Å².